The Hall–Kier alpha value is -8.17. The van der Waals surface area contributed by atoms with Crippen molar-refractivity contribution in [3.8, 4) is 67.3 Å². The number of hydrogen-bond donors (Lipinski definition) is 2. The monoisotopic (exact) mass is 1950 g/mol. The molecule has 4 heterocycles. The van der Waals surface area contributed by atoms with Gasteiger partial charge in [-0.3, -0.25) is 19.6 Å². The standard InChI is InChI=1S/C24H18N.C19H15FN.C17H14N.C11H8N.2C5H8O2.4Ir/c1-24(2)20-9-5-4-8-18(20)19-13-11-17(15-21(19)24)23-14-12-16-7-3-6-10-22(16)25-23;1-13-10-11-21-19(14(13)2)17-5-3-4-16(12-17)15-6-8-18(20)9-7-15;1-12-9-13(2)11-15(10-12)17-8-7-14-5-3-4-6-16(14)18-17;1-2-6-10(7-3-1)11-8-4-5-9-12-11;2*1-4(6)3-5(2)7;;;;/h3-10,12-15H,1-2H3;3-4,6-12H,1-2H3;3-10H,1-2H3;1-6,8-9H;2*3,6H,1-2H3;;;;/q4*-1;;;;;;. The van der Waals surface area contributed by atoms with Crippen molar-refractivity contribution in [2.45, 2.75) is 74.7 Å². The fourth-order valence-electron chi connectivity index (χ4n) is 10.2. The molecule has 1 aliphatic rings. The van der Waals surface area contributed by atoms with Crippen LogP contribution >= 0.6 is 0 Å². The van der Waals surface area contributed by atoms with E-state index in [1.165, 1.54) is 96.1 Å². The summed E-state index contributed by atoms with van der Waals surface area (Å²) in [5.41, 5.74) is 22.2. The van der Waals surface area contributed by atoms with Gasteiger partial charge in [0.05, 0.1) is 22.6 Å². The maximum Gasteiger partial charge on any atom is 0.155 e. The van der Waals surface area contributed by atoms with Crippen LogP contribution in [0.25, 0.3) is 89.1 Å². The second-order valence-corrected chi connectivity index (χ2v) is 22.3. The summed E-state index contributed by atoms with van der Waals surface area (Å²) in [6.45, 7) is 18.6. The number of aliphatic hydroxyl groups excluding tert-OH is 2. The van der Waals surface area contributed by atoms with E-state index in [1.807, 2.05) is 103 Å². The molecule has 0 saturated heterocycles. The summed E-state index contributed by atoms with van der Waals surface area (Å²) in [5.74, 6) is -0.349. The van der Waals surface area contributed by atoms with Crippen molar-refractivity contribution in [1.82, 2.24) is 19.9 Å². The van der Waals surface area contributed by atoms with Crippen LogP contribution in [0.15, 0.2) is 248 Å². The van der Waals surface area contributed by atoms with Crippen LogP contribution in [0.1, 0.15) is 74.9 Å². The summed E-state index contributed by atoms with van der Waals surface area (Å²) in [6, 6.07) is 83.5. The van der Waals surface area contributed by atoms with Gasteiger partial charge in [-0.15, -0.1) is 136 Å². The molecule has 8 nitrogen and oxygen atoms in total. The number of nitrogens with zero attached hydrogens (tertiary/aromatic N) is 4. The van der Waals surface area contributed by atoms with Crippen LogP contribution in [0.4, 0.5) is 4.39 Å². The Morgan fingerprint density at radius 3 is 1.62 bits per heavy atom. The molecule has 2 N–H and O–H groups in total. The topological polar surface area (TPSA) is 126 Å². The molecule has 0 atom stereocenters. The number of allylic oxidation sites excluding steroid dienone is 4. The molecule has 13 heteroatoms. The fourth-order valence-corrected chi connectivity index (χ4v) is 10.2. The first-order valence-corrected chi connectivity index (χ1v) is 29.5. The van der Waals surface area contributed by atoms with Gasteiger partial charge in [0.1, 0.15) is 5.82 Å². The van der Waals surface area contributed by atoms with Crippen LogP contribution in [-0.4, -0.2) is 41.7 Å². The maximum atomic E-state index is 13.0. The Kier molecular flexibility index (Phi) is 31.3. The van der Waals surface area contributed by atoms with Gasteiger partial charge in [0.2, 0.25) is 0 Å². The van der Waals surface area contributed by atoms with E-state index < -0.39 is 0 Å². The number of rotatable bonds is 7. The van der Waals surface area contributed by atoms with Crippen LogP contribution in [0.2, 0.25) is 0 Å². The summed E-state index contributed by atoms with van der Waals surface area (Å²) in [7, 11) is 0. The predicted octanol–water partition coefficient (Wildman–Crippen LogP) is 19.9. The first kappa shape index (κ1) is 78.3. The molecular formula is C81H71FIr4N4O4-4. The summed E-state index contributed by atoms with van der Waals surface area (Å²) < 4.78 is 13.0. The molecule has 1 aliphatic carbocycles. The largest absolute Gasteiger partial charge is 0.512 e. The molecule has 0 amide bonds. The average Bonchev–Trinajstić information content (AvgIpc) is 1.58. The second kappa shape index (κ2) is 37.6. The van der Waals surface area contributed by atoms with Crippen molar-refractivity contribution in [3.63, 3.8) is 0 Å². The third kappa shape index (κ3) is 22.0. The third-order valence-corrected chi connectivity index (χ3v) is 14.6. The number of pyridine rings is 4. The summed E-state index contributed by atoms with van der Waals surface area (Å²) in [4.78, 5) is 38.3. The number of halogens is 1. The summed E-state index contributed by atoms with van der Waals surface area (Å²) in [5, 5.41) is 19.1. The number of ketones is 2. The molecule has 4 radical (unpaired) electrons. The zero-order chi connectivity index (χ0) is 64.3. The fraction of sp³-hybridized carbons (Fsp3) is 0.136. The number of fused-ring (bicyclic) bond motifs is 5. The Balaban J connectivity index is 0.000000251. The minimum atomic E-state index is -0.224. The van der Waals surface area contributed by atoms with Crippen molar-refractivity contribution < 1.29 is 105 Å². The molecule has 12 aromatic rings. The smallest absolute Gasteiger partial charge is 0.155 e. The predicted molar refractivity (Wildman–Crippen MR) is 365 cm³/mol. The van der Waals surface area contributed by atoms with E-state index in [1.54, 1.807) is 18.3 Å². The van der Waals surface area contributed by atoms with Gasteiger partial charge in [0.15, 0.2) is 11.6 Å². The molecule has 94 heavy (non-hydrogen) atoms. The first-order valence-electron chi connectivity index (χ1n) is 29.5. The minimum Gasteiger partial charge on any atom is -0.512 e. The Morgan fingerprint density at radius 1 is 0.479 bits per heavy atom. The van der Waals surface area contributed by atoms with E-state index in [0.717, 1.165) is 78.3 Å². The van der Waals surface area contributed by atoms with Crippen molar-refractivity contribution in [2.24, 2.45) is 0 Å². The molecule has 486 valence electrons. The van der Waals surface area contributed by atoms with Crippen LogP contribution in [0.5, 0.6) is 0 Å². The molecule has 0 spiro atoms. The van der Waals surface area contributed by atoms with Crippen molar-refractivity contribution in [1.29, 1.82) is 0 Å². The Labute approximate surface area is 606 Å². The number of aryl methyl sites for hydroxylation is 3. The van der Waals surface area contributed by atoms with Gasteiger partial charge >= 0.3 is 0 Å². The van der Waals surface area contributed by atoms with Gasteiger partial charge < -0.3 is 20.2 Å². The Morgan fingerprint density at radius 2 is 1.05 bits per heavy atom. The third-order valence-electron chi connectivity index (χ3n) is 14.6. The first-order chi connectivity index (χ1) is 43.2. The molecule has 4 aromatic heterocycles. The van der Waals surface area contributed by atoms with Crippen LogP contribution in [0, 0.1) is 57.8 Å². The van der Waals surface area contributed by atoms with Crippen molar-refractivity contribution in [3.05, 3.63) is 312 Å². The zero-order valence-corrected chi connectivity index (χ0v) is 63.3. The van der Waals surface area contributed by atoms with E-state index in [4.69, 9.17) is 20.2 Å². The van der Waals surface area contributed by atoms with Gasteiger partial charge in [0, 0.05) is 105 Å². The number of benzene rings is 8. The molecule has 13 rings (SSSR count). The zero-order valence-electron chi connectivity index (χ0n) is 53.7. The molecule has 0 saturated carbocycles. The number of aromatic nitrogens is 4. The molecule has 0 aliphatic heterocycles. The SMILES string of the molecule is CC(=O)C=C(C)O.CC(=O)C=C(C)O.CC1(C)c2ccccc2-c2c[c-]c(-c3ccc4ccccc4n3)cc21.Cc1[c-]c(-c2ccc3ccccc3n2)cc(C)c1.Cc1ccnc(-c2[c-]ccc(-c3ccc(F)cc3)c2)c1C.[Ir].[Ir].[Ir].[Ir].[c-]1ccccc1-c1ccccn1. The molecule has 0 bridgehead atoms. The quantitative estimate of drug-likeness (QED) is 0.0918. The van der Waals surface area contributed by atoms with Crippen LogP contribution in [0.3, 0.4) is 0 Å². The van der Waals surface area contributed by atoms with Gasteiger partial charge in [0.25, 0.3) is 0 Å². The average molecular weight is 1950 g/mol. The van der Waals surface area contributed by atoms with Crippen molar-refractivity contribution >= 4 is 33.4 Å². The van der Waals surface area contributed by atoms with Crippen LogP contribution < -0.4 is 0 Å². The molecule has 0 unspecified atom stereocenters. The molecule has 8 aromatic carbocycles. The van der Waals surface area contributed by atoms with Gasteiger partial charge in [-0.1, -0.05) is 159 Å². The van der Waals surface area contributed by atoms with Crippen LogP contribution in [-0.2, 0) is 95.4 Å². The molecular weight excluding hydrogens is 1880 g/mol. The normalized spacial score (nSPS) is 11.2. The number of aliphatic hydroxyl groups is 2. The second-order valence-electron chi connectivity index (χ2n) is 22.3. The summed E-state index contributed by atoms with van der Waals surface area (Å²) in [6.07, 6.45) is 5.94. The number of carbonyl (C=O) groups is 2. The number of hydrogen-bond acceptors (Lipinski definition) is 8. The maximum absolute atomic E-state index is 13.0. The van der Waals surface area contributed by atoms with E-state index in [9.17, 15) is 14.0 Å². The van der Waals surface area contributed by atoms with Gasteiger partial charge in [-0.25, -0.2) is 4.39 Å². The minimum absolute atomic E-state index is 0. The van der Waals surface area contributed by atoms with E-state index in [2.05, 4.69) is 167 Å². The van der Waals surface area contributed by atoms with E-state index in [-0.39, 0.29) is 115 Å². The van der Waals surface area contributed by atoms with E-state index in [0.29, 0.717) is 0 Å². The molecule has 0 fully saturated rings. The number of para-hydroxylation sites is 2. The summed E-state index contributed by atoms with van der Waals surface area (Å²) >= 11 is 0. The van der Waals surface area contributed by atoms with E-state index >= 15 is 0 Å². The number of carbonyl (C=O) groups excluding carboxylic acids is 2. The van der Waals surface area contributed by atoms with Gasteiger partial charge in [-0.2, -0.15) is 0 Å². The Bertz CT molecular complexity index is 4430. The van der Waals surface area contributed by atoms with Crippen molar-refractivity contribution in [2.75, 3.05) is 0 Å². The van der Waals surface area contributed by atoms with Gasteiger partial charge in [-0.05, 0) is 128 Å².